The average molecular weight is 462 g/mol. The second kappa shape index (κ2) is 10.8. The van der Waals surface area contributed by atoms with E-state index in [9.17, 15) is 4.79 Å². The highest BCUT2D eigenvalue weighted by atomic mass is 16.5. The number of piperazine rings is 1. The molecule has 0 N–H and O–H groups in total. The Morgan fingerprint density at radius 2 is 1.59 bits per heavy atom. The molecule has 2 fully saturated rings. The number of hydrogen-bond donors (Lipinski definition) is 0. The van der Waals surface area contributed by atoms with Gasteiger partial charge in [-0.05, 0) is 55.9 Å². The standard InChI is InChI=1S/C29H39N3O2/c1-34-28-14-8-7-13-27(28)31-21-19-30(20-22-31)18-17-25-16-15-23-9-5-6-12-26(23)32(25)29(33)24-10-3-2-4-11-24/h5-9,12-14,24-25H,2-4,10-11,15-22H2,1H3. The lowest BCUT2D eigenvalue weighted by molar-refractivity contribution is -0.124. The van der Waals surface area contributed by atoms with Crippen LogP contribution in [0, 0.1) is 5.92 Å². The molecule has 1 saturated heterocycles. The smallest absolute Gasteiger partial charge is 0.230 e. The van der Waals surface area contributed by atoms with E-state index >= 15 is 0 Å². The number of ether oxygens (including phenoxy) is 1. The zero-order valence-corrected chi connectivity index (χ0v) is 20.6. The Hall–Kier alpha value is -2.53. The first kappa shape index (κ1) is 23.2. The van der Waals surface area contributed by atoms with E-state index in [0.29, 0.717) is 11.9 Å². The van der Waals surface area contributed by atoms with Gasteiger partial charge in [0.05, 0.1) is 12.8 Å². The fourth-order valence-electron chi connectivity index (χ4n) is 6.16. The molecule has 1 saturated carbocycles. The third kappa shape index (κ3) is 4.95. The van der Waals surface area contributed by atoms with E-state index in [1.54, 1.807) is 7.11 Å². The maximum atomic E-state index is 13.7. The normalized spacial score (nSPS) is 21.9. The first-order valence-electron chi connectivity index (χ1n) is 13.3. The van der Waals surface area contributed by atoms with Crippen molar-refractivity contribution in [3.05, 3.63) is 54.1 Å². The molecule has 5 rings (SSSR count). The fraction of sp³-hybridized carbons (Fsp3) is 0.552. The number of amides is 1. The number of methoxy groups -OCH3 is 1. The second-order valence-corrected chi connectivity index (χ2v) is 10.2. The van der Waals surface area contributed by atoms with Crippen molar-refractivity contribution in [3.63, 3.8) is 0 Å². The van der Waals surface area contributed by atoms with Crippen molar-refractivity contribution in [2.75, 3.05) is 49.6 Å². The Labute approximate surface area is 204 Å². The number of para-hydroxylation sites is 3. The molecule has 5 heteroatoms. The summed E-state index contributed by atoms with van der Waals surface area (Å²) >= 11 is 0. The Bertz CT molecular complexity index is 963. The van der Waals surface area contributed by atoms with Crippen LogP contribution in [0.2, 0.25) is 0 Å². The monoisotopic (exact) mass is 461 g/mol. The van der Waals surface area contributed by atoms with Crippen LogP contribution >= 0.6 is 0 Å². The summed E-state index contributed by atoms with van der Waals surface area (Å²) in [6, 6.07) is 17.2. The first-order chi connectivity index (χ1) is 16.7. The van der Waals surface area contributed by atoms with E-state index in [-0.39, 0.29) is 5.92 Å². The summed E-state index contributed by atoms with van der Waals surface area (Å²) in [7, 11) is 1.75. The van der Waals surface area contributed by atoms with Gasteiger partial charge in [-0.2, -0.15) is 0 Å². The lowest BCUT2D eigenvalue weighted by Gasteiger charge is -2.41. The second-order valence-electron chi connectivity index (χ2n) is 10.2. The number of hydrogen-bond acceptors (Lipinski definition) is 4. The minimum atomic E-state index is 0.215. The summed E-state index contributed by atoms with van der Waals surface area (Å²) in [6.07, 6.45) is 9.03. The van der Waals surface area contributed by atoms with Crippen molar-refractivity contribution in [1.29, 1.82) is 0 Å². The van der Waals surface area contributed by atoms with Gasteiger partial charge in [-0.15, -0.1) is 0 Å². The first-order valence-corrected chi connectivity index (χ1v) is 13.3. The Morgan fingerprint density at radius 3 is 2.35 bits per heavy atom. The number of rotatable bonds is 6. The zero-order valence-electron chi connectivity index (χ0n) is 20.6. The van der Waals surface area contributed by atoms with Crippen LogP contribution in [-0.2, 0) is 11.2 Å². The number of benzene rings is 2. The summed E-state index contributed by atoms with van der Waals surface area (Å²) in [4.78, 5) is 21.0. The Kier molecular flexibility index (Phi) is 7.39. The highest BCUT2D eigenvalue weighted by molar-refractivity contribution is 5.96. The summed E-state index contributed by atoms with van der Waals surface area (Å²) < 4.78 is 5.57. The zero-order chi connectivity index (χ0) is 23.3. The van der Waals surface area contributed by atoms with Crippen molar-refractivity contribution >= 4 is 17.3 Å². The van der Waals surface area contributed by atoms with E-state index in [1.165, 1.54) is 36.2 Å². The van der Waals surface area contributed by atoms with Crippen molar-refractivity contribution < 1.29 is 9.53 Å². The maximum absolute atomic E-state index is 13.7. The van der Waals surface area contributed by atoms with Crippen LogP contribution in [-0.4, -0.2) is 56.7 Å². The van der Waals surface area contributed by atoms with E-state index in [2.05, 4.69) is 51.1 Å². The number of anilines is 2. The quantitative estimate of drug-likeness (QED) is 0.597. The molecule has 1 amide bonds. The van der Waals surface area contributed by atoms with Gasteiger partial charge in [0.15, 0.2) is 0 Å². The van der Waals surface area contributed by atoms with Gasteiger partial charge in [0.25, 0.3) is 0 Å². The molecule has 0 bridgehead atoms. The van der Waals surface area contributed by atoms with Gasteiger partial charge in [-0.25, -0.2) is 0 Å². The number of carbonyl (C=O) groups is 1. The summed E-state index contributed by atoms with van der Waals surface area (Å²) in [5.41, 5.74) is 3.71. The maximum Gasteiger partial charge on any atom is 0.230 e. The summed E-state index contributed by atoms with van der Waals surface area (Å²) in [5, 5.41) is 0. The number of fused-ring (bicyclic) bond motifs is 1. The third-order valence-corrected chi connectivity index (χ3v) is 8.13. The molecule has 0 aromatic heterocycles. The largest absolute Gasteiger partial charge is 0.495 e. The highest BCUT2D eigenvalue weighted by Crippen LogP contribution is 2.36. The minimum Gasteiger partial charge on any atom is -0.495 e. The van der Waals surface area contributed by atoms with Crippen molar-refractivity contribution in [1.82, 2.24) is 4.90 Å². The molecule has 2 aromatic carbocycles. The molecule has 3 aliphatic rings. The molecular weight excluding hydrogens is 422 g/mol. The molecule has 1 aliphatic carbocycles. The summed E-state index contributed by atoms with van der Waals surface area (Å²) in [5.74, 6) is 1.55. The molecule has 2 heterocycles. The Balaban J connectivity index is 1.22. The number of nitrogens with zero attached hydrogens (tertiary/aromatic N) is 3. The van der Waals surface area contributed by atoms with E-state index in [4.69, 9.17) is 4.74 Å². The van der Waals surface area contributed by atoms with Gasteiger partial charge >= 0.3 is 0 Å². The molecule has 1 unspecified atom stereocenters. The van der Waals surface area contributed by atoms with Gasteiger partial charge in [-0.1, -0.05) is 49.6 Å². The molecule has 1 atom stereocenters. The Morgan fingerprint density at radius 1 is 0.882 bits per heavy atom. The lowest BCUT2D eigenvalue weighted by Crippen LogP contribution is -2.50. The van der Waals surface area contributed by atoms with Gasteiger partial charge in [-0.3, -0.25) is 9.69 Å². The molecule has 2 aliphatic heterocycles. The molecule has 5 nitrogen and oxygen atoms in total. The SMILES string of the molecule is COc1ccccc1N1CCN(CCC2CCc3ccccc3N2C(=O)C2CCCCC2)CC1. The van der Waals surface area contributed by atoms with Crippen LogP contribution in [0.5, 0.6) is 5.75 Å². The van der Waals surface area contributed by atoms with Crippen LogP contribution in [0.4, 0.5) is 11.4 Å². The van der Waals surface area contributed by atoms with Crippen molar-refractivity contribution in [2.24, 2.45) is 5.92 Å². The van der Waals surface area contributed by atoms with E-state index in [1.807, 2.05) is 12.1 Å². The third-order valence-electron chi connectivity index (χ3n) is 8.13. The van der Waals surface area contributed by atoms with Crippen molar-refractivity contribution in [3.8, 4) is 5.75 Å². The fourth-order valence-corrected chi connectivity index (χ4v) is 6.16. The van der Waals surface area contributed by atoms with E-state index < -0.39 is 0 Å². The van der Waals surface area contributed by atoms with E-state index in [0.717, 1.165) is 70.6 Å². The topological polar surface area (TPSA) is 36.0 Å². The number of carbonyl (C=O) groups excluding carboxylic acids is 1. The molecule has 34 heavy (non-hydrogen) atoms. The minimum absolute atomic E-state index is 0.215. The molecular formula is C29H39N3O2. The average Bonchev–Trinajstić information content (AvgIpc) is 2.92. The molecule has 0 spiro atoms. The van der Waals surface area contributed by atoms with Crippen LogP contribution < -0.4 is 14.5 Å². The highest BCUT2D eigenvalue weighted by Gasteiger charge is 2.35. The predicted octanol–water partition coefficient (Wildman–Crippen LogP) is 5.14. The molecule has 2 aromatic rings. The van der Waals surface area contributed by atoms with Gasteiger partial charge in [0, 0.05) is 50.4 Å². The molecule has 0 radical (unpaired) electrons. The number of aryl methyl sites for hydroxylation is 1. The van der Waals surface area contributed by atoms with Gasteiger partial charge in [0.1, 0.15) is 5.75 Å². The summed E-state index contributed by atoms with van der Waals surface area (Å²) in [6.45, 7) is 5.19. The lowest BCUT2D eigenvalue weighted by atomic mass is 9.85. The van der Waals surface area contributed by atoms with Crippen LogP contribution in [0.15, 0.2) is 48.5 Å². The van der Waals surface area contributed by atoms with Crippen LogP contribution in [0.3, 0.4) is 0 Å². The van der Waals surface area contributed by atoms with Crippen LogP contribution in [0.25, 0.3) is 0 Å². The van der Waals surface area contributed by atoms with Crippen LogP contribution in [0.1, 0.15) is 50.5 Å². The van der Waals surface area contributed by atoms with Crippen molar-refractivity contribution in [2.45, 2.75) is 57.4 Å². The van der Waals surface area contributed by atoms with Gasteiger partial charge in [0.2, 0.25) is 5.91 Å². The van der Waals surface area contributed by atoms with Gasteiger partial charge < -0.3 is 14.5 Å². The molecule has 182 valence electrons. The predicted molar refractivity (Wildman–Crippen MR) is 139 cm³/mol.